The fraction of sp³-hybridized carbons (Fsp3) is 0.250. The van der Waals surface area contributed by atoms with E-state index in [0.29, 0.717) is 30.3 Å². The van der Waals surface area contributed by atoms with Crippen molar-refractivity contribution < 1.29 is 4.52 Å². The molecule has 5 aromatic rings. The minimum atomic E-state index is 0.146. The predicted octanol–water partition coefficient (Wildman–Crippen LogP) is 3.82. The Balaban J connectivity index is 1.53. The lowest BCUT2D eigenvalue weighted by Crippen LogP contribution is -2.04. The summed E-state index contributed by atoms with van der Waals surface area (Å²) in [7, 11) is 0. The van der Waals surface area contributed by atoms with Crippen molar-refractivity contribution in [2.24, 2.45) is 0 Å². The highest BCUT2D eigenvalue weighted by Crippen LogP contribution is 2.33. The standard InChI is InChI=1S/C24H22N8O/c1-14(2)24-27-23(29-33-24)22-21-11-19-17(10-16-5-4-8-25-12-16)28-30-32(19)20-9-15(3)6-7-18(20)31(21)13-26-22/h4-9,12-14H,10-11H2,1-3H3. The number of aryl methyl sites for hydroxylation is 1. The molecule has 0 radical (unpaired) electrons. The van der Waals surface area contributed by atoms with Gasteiger partial charge in [0.25, 0.3) is 0 Å². The Morgan fingerprint density at radius 3 is 2.82 bits per heavy atom. The van der Waals surface area contributed by atoms with Crippen LogP contribution in [-0.2, 0) is 12.8 Å². The highest BCUT2D eigenvalue weighted by Gasteiger charge is 2.28. The van der Waals surface area contributed by atoms with Crippen LogP contribution >= 0.6 is 0 Å². The maximum atomic E-state index is 5.47. The van der Waals surface area contributed by atoms with Crippen molar-refractivity contribution in [1.82, 2.24) is 39.7 Å². The van der Waals surface area contributed by atoms with Gasteiger partial charge in [-0.3, -0.25) is 9.55 Å². The predicted molar refractivity (Wildman–Crippen MR) is 120 cm³/mol. The van der Waals surface area contributed by atoms with Gasteiger partial charge in [-0.2, -0.15) is 4.98 Å². The van der Waals surface area contributed by atoms with E-state index >= 15 is 0 Å². The van der Waals surface area contributed by atoms with Crippen molar-refractivity contribution in [1.29, 1.82) is 0 Å². The van der Waals surface area contributed by atoms with Gasteiger partial charge in [0, 0.05) is 31.2 Å². The van der Waals surface area contributed by atoms with Crippen LogP contribution in [0.25, 0.3) is 22.9 Å². The number of fused-ring (bicyclic) bond motifs is 5. The van der Waals surface area contributed by atoms with Crippen LogP contribution < -0.4 is 0 Å². The maximum absolute atomic E-state index is 5.47. The number of imidazole rings is 1. The number of nitrogens with zero attached hydrogens (tertiary/aromatic N) is 8. The quantitative estimate of drug-likeness (QED) is 0.412. The SMILES string of the molecule is Cc1ccc2c(c1)-n1nnc(Cc3cccnc3)c1Cc1c(-c3noc(C(C)C)n3)ncn1-2. The highest BCUT2D eigenvalue weighted by atomic mass is 16.5. The maximum Gasteiger partial charge on any atom is 0.229 e. The van der Waals surface area contributed by atoms with Crippen molar-refractivity contribution in [3.63, 3.8) is 0 Å². The molecule has 0 aliphatic carbocycles. The molecule has 1 aliphatic rings. The van der Waals surface area contributed by atoms with Crippen molar-refractivity contribution in [3.05, 3.63) is 83.2 Å². The van der Waals surface area contributed by atoms with Crippen LogP contribution in [0.5, 0.6) is 0 Å². The largest absolute Gasteiger partial charge is 0.339 e. The lowest BCUT2D eigenvalue weighted by Gasteiger charge is -2.10. The number of aromatic nitrogens is 8. The normalized spacial score (nSPS) is 12.4. The average Bonchev–Trinajstić information content (AvgIpc) is 3.53. The Hall–Kier alpha value is -4.14. The van der Waals surface area contributed by atoms with E-state index in [1.54, 1.807) is 6.20 Å². The minimum absolute atomic E-state index is 0.146. The van der Waals surface area contributed by atoms with Crippen LogP contribution in [0.2, 0.25) is 0 Å². The molecule has 0 fully saturated rings. The summed E-state index contributed by atoms with van der Waals surface area (Å²) >= 11 is 0. The highest BCUT2D eigenvalue weighted by molar-refractivity contribution is 5.62. The summed E-state index contributed by atoms with van der Waals surface area (Å²) in [5.74, 6) is 1.24. The molecule has 0 N–H and O–H groups in total. The van der Waals surface area contributed by atoms with Crippen LogP contribution in [0.15, 0.2) is 53.6 Å². The number of pyridine rings is 1. The summed E-state index contributed by atoms with van der Waals surface area (Å²) in [5.41, 5.74) is 7.79. The first kappa shape index (κ1) is 19.5. The van der Waals surface area contributed by atoms with E-state index < -0.39 is 0 Å². The lowest BCUT2D eigenvalue weighted by atomic mass is 10.1. The molecule has 0 saturated heterocycles. The van der Waals surface area contributed by atoms with E-state index in [2.05, 4.69) is 61.2 Å². The van der Waals surface area contributed by atoms with Gasteiger partial charge in [-0.25, -0.2) is 9.67 Å². The molecule has 0 atom stereocenters. The zero-order valence-corrected chi connectivity index (χ0v) is 18.6. The summed E-state index contributed by atoms with van der Waals surface area (Å²) in [5, 5.41) is 13.3. The monoisotopic (exact) mass is 438 g/mol. The van der Waals surface area contributed by atoms with E-state index in [0.717, 1.165) is 39.6 Å². The fourth-order valence-electron chi connectivity index (χ4n) is 4.20. The van der Waals surface area contributed by atoms with Crippen molar-refractivity contribution in [2.45, 2.75) is 39.5 Å². The van der Waals surface area contributed by atoms with Gasteiger partial charge in [0.1, 0.15) is 12.0 Å². The van der Waals surface area contributed by atoms with Crippen LogP contribution in [0.4, 0.5) is 0 Å². The molecule has 9 heteroatoms. The Bertz CT molecular complexity index is 1460. The zero-order chi connectivity index (χ0) is 22.5. The van der Waals surface area contributed by atoms with Gasteiger partial charge in [0.2, 0.25) is 11.7 Å². The van der Waals surface area contributed by atoms with Gasteiger partial charge in [-0.1, -0.05) is 36.4 Å². The molecule has 5 heterocycles. The van der Waals surface area contributed by atoms with Crippen molar-refractivity contribution in [3.8, 4) is 22.9 Å². The van der Waals surface area contributed by atoms with E-state index in [1.807, 2.05) is 37.1 Å². The Morgan fingerprint density at radius 2 is 2.03 bits per heavy atom. The number of rotatable bonds is 4. The molecule has 6 rings (SSSR count). The van der Waals surface area contributed by atoms with Gasteiger partial charge in [-0.05, 0) is 36.2 Å². The molecular formula is C24H22N8O. The molecule has 0 unspecified atom stereocenters. The third-order valence-corrected chi connectivity index (χ3v) is 5.91. The van der Waals surface area contributed by atoms with Crippen LogP contribution in [-0.4, -0.2) is 39.7 Å². The van der Waals surface area contributed by atoms with E-state index in [-0.39, 0.29) is 5.92 Å². The molecule has 164 valence electrons. The first-order valence-corrected chi connectivity index (χ1v) is 10.9. The molecule has 0 amide bonds. The smallest absolute Gasteiger partial charge is 0.229 e. The second kappa shape index (κ2) is 7.47. The van der Waals surface area contributed by atoms with Gasteiger partial charge < -0.3 is 4.52 Å². The summed E-state index contributed by atoms with van der Waals surface area (Å²) in [6.07, 6.45) is 6.69. The third kappa shape index (κ3) is 3.24. The molecule has 0 saturated carbocycles. The van der Waals surface area contributed by atoms with E-state index in [9.17, 15) is 0 Å². The molecular weight excluding hydrogens is 416 g/mol. The second-order valence-electron chi connectivity index (χ2n) is 8.62. The summed E-state index contributed by atoms with van der Waals surface area (Å²) in [6.45, 7) is 6.13. The minimum Gasteiger partial charge on any atom is -0.339 e. The van der Waals surface area contributed by atoms with Gasteiger partial charge >= 0.3 is 0 Å². The first-order valence-electron chi connectivity index (χ1n) is 10.9. The summed E-state index contributed by atoms with van der Waals surface area (Å²) in [6, 6.07) is 10.3. The molecule has 1 aliphatic heterocycles. The molecule has 1 aromatic carbocycles. The number of hydrogen-bond donors (Lipinski definition) is 0. The molecule has 9 nitrogen and oxygen atoms in total. The topological polar surface area (TPSA) is 100 Å². The van der Waals surface area contributed by atoms with Gasteiger partial charge in [0.15, 0.2) is 0 Å². The van der Waals surface area contributed by atoms with Crippen molar-refractivity contribution >= 4 is 0 Å². The number of benzene rings is 1. The molecule has 0 spiro atoms. The lowest BCUT2D eigenvalue weighted by molar-refractivity contribution is 0.365. The Labute approximate surface area is 190 Å². The first-order chi connectivity index (χ1) is 16.1. The second-order valence-corrected chi connectivity index (χ2v) is 8.62. The number of hydrogen-bond acceptors (Lipinski definition) is 7. The zero-order valence-electron chi connectivity index (χ0n) is 18.6. The van der Waals surface area contributed by atoms with Crippen LogP contribution in [0, 0.1) is 6.92 Å². The van der Waals surface area contributed by atoms with Crippen LogP contribution in [0.1, 0.15) is 53.9 Å². The molecule has 33 heavy (non-hydrogen) atoms. The molecule has 4 aromatic heterocycles. The fourth-order valence-corrected chi connectivity index (χ4v) is 4.20. The summed E-state index contributed by atoms with van der Waals surface area (Å²) < 4.78 is 9.51. The van der Waals surface area contributed by atoms with Crippen LogP contribution in [0.3, 0.4) is 0 Å². The Kier molecular flexibility index (Phi) is 4.42. The van der Waals surface area contributed by atoms with E-state index in [4.69, 9.17) is 9.51 Å². The Morgan fingerprint density at radius 1 is 1.12 bits per heavy atom. The van der Waals surface area contributed by atoms with Gasteiger partial charge in [0.05, 0.1) is 28.5 Å². The average molecular weight is 438 g/mol. The molecule has 0 bridgehead atoms. The third-order valence-electron chi connectivity index (χ3n) is 5.91. The van der Waals surface area contributed by atoms with Crippen molar-refractivity contribution in [2.75, 3.05) is 0 Å². The van der Waals surface area contributed by atoms with E-state index in [1.165, 1.54) is 0 Å². The van der Waals surface area contributed by atoms with Gasteiger partial charge in [-0.15, -0.1) is 5.10 Å². The summed E-state index contributed by atoms with van der Waals surface area (Å²) in [4.78, 5) is 13.5.